The molecule has 0 N–H and O–H groups in total. The Hall–Kier alpha value is -10.3. The zero-order chi connectivity index (χ0) is 49.4. The second kappa shape index (κ2) is 17.2. The molecule has 15 aromatic rings. The first kappa shape index (κ1) is 42.4. The molecule has 8 nitrogen and oxygen atoms in total. The van der Waals surface area contributed by atoms with Crippen molar-refractivity contribution in [2.45, 2.75) is 0 Å². The van der Waals surface area contributed by atoms with Crippen LogP contribution in [0.1, 0.15) is 0 Å². The third-order valence-electron chi connectivity index (χ3n) is 14.3. The lowest BCUT2D eigenvalue weighted by atomic mass is 9.98. The summed E-state index contributed by atoms with van der Waals surface area (Å²) < 4.78 is 14.6. The fraction of sp³-hybridized carbons (Fsp3) is 0. The summed E-state index contributed by atoms with van der Waals surface area (Å²) in [5.74, 6) is 2.77. The lowest BCUT2D eigenvalue weighted by Crippen LogP contribution is -2.00. The van der Waals surface area contributed by atoms with Gasteiger partial charge in [-0.05, 0) is 135 Å². The minimum absolute atomic E-state index is 0.547. The summed E-state index contributed by atoms with van der Waals surface area (Å²) in [5, 5.41) is 7.22. The van der Waals surface area contributed by atoms with Gasteiger partial charge in [-0.3, -0.25) is 0 Å². The molecule has 11 aromatic carbocycles. The third kappa shape index (κ3) is 7.51. The molecule has 75 heavy (non-hydrogen) atoms. The van der Waals surface area contributed by atoms with E-state index in [0.717, 1.165) is 66.8 Å². The highest BCUT2D eigenvalue weighted by Gasteiger charge is 2.18. The average molecular weight is 961 g/mol. The number of hydrogen-bond donors (Lipinski definition) is 0. The van der Waals surface area contributed by atoms with Gasteiger partial charge >= 0.3 is 0 Å². The molecule has 0 saturated carbocycles. The molecule has 0 amide bonds. The maximum Gasteiger partial charge on any atom is 0.227 e. The molecule has 0 bridgehead atoms. The van der Waals surface area contributed by atoms with Gasteiger partial charge in [0.2, 0.25) is 11.8 Å². The number of oxazole rings is 2. The van der Waals surface area contributed by atoms with E-state index in [1.165, 1.54) is 54.5 Å². The molecule has 4 heterocycles. The monoisotopic (exact) mass is 960 g/mol. The van der Waals surface area contributed by atoms with Crippen LogP contribution in [0.2, 0.25) is 0 Å². The first-order valence-electron chi connectivity index (χ1n) is 24.9. The minimum Gasteiger partial charge on any atom is -0.436 e. The van der Waals surface area contributed by atoms with Crippen molar-refractivity contribution >= 4 is 65.6 Å². The van der Waals surface area contributed by atoms with Crippen molar-refractivity contribution in [2.75, 3.05) is 0 Å². The van der Waals surface area contributed by atoms with Gasteiger partial charge in [0.05, 0.1) is 11.0 Å². The number of hydrogen-bond acceptors (Lipinski definition) is 7. The fourth-order valence-corrected chi connectivity index (χ4v) is 10.4. The Balaban J connectivity index is 0.792. The Morgan fingerprint density at radius 1 is 0.267 bits per heavy atom. The number of rotatable bonds is 8. The molecule has 15 rings (SSSR count). The molecule has 4 aromatic heterocycles. The zero-order valence-electron chi connectivity index (χ0n) is 40.1. The van der Waals surface area contributed by atoms with Crippen LogP contribution in [0.25, 0.3) is 151 Å². The summed E-state index contributed by atoms with van der Waals surface area (Å²) in [7, 11) is 0. The van der Waals surface area contributed by atoms with Gasteiger partial charge in [-0.2, -0.15) is 0 Å². The van der Waals surface area contributed by atoms with Crippen molar-refractivity contribution in [1.82, 2.24) is 29.5 Å². The van der Waals surface area contributed by atoms with Crippen molar-refractivity contribution in [1.29, 1.82) is 0 Å². The second-order valence-electron chi connectivity index (χ2n) is 18.9. The SMILES string of the molecule is c1ccc(-c2ccc(-n3c4cc5ccccc5cc4c4cc5cc(-c6ccc(-c7nc(-c8ccc(-c9nc%10ccccc%10o9)cc8)nc(-c8ccc(-c9nc%10ccccc%10o9)cc8)n7)cc6)ccc5cc43)cc2)cc1. The average Bonchev–Trinajstić information content (AvgIpc) is 4.25. The summed E-state index contributed by atoms with van der Waals surface area (Å²) in [6.45, 7) is 0. The fourth-order valence-electron chi connectivity index (χ4n) is 10.4. The number of para-hydroxylation sites is 4. The summed E-state index contributed by atoms with van der Waals surface area (Å²) in [6.07, 6.45) is 0. The predicted octanol–water partition coefficient (Wildman–Crippen LogP) is 17.2. The molecule has 0 radical (unpaired) electrons. The van der Waals surface area contributed by atoms with Crippen LogP contribution in [-0.4, -0.2) is 29.5 Å². The lowest BCUT2D eigenvalue weighted by molar-refractivity contribution is 0.619. The van der Waals surface area contributed by atoms with Gasteiger partial charge in [-0.1, -0.05) is 152 Å². The predicted molar refractivity (Wildman–Crippen MR) is 302 cm³/mol. The van der Waals surface area contributed by atoms with Crippen LogP contribution >= 0.6 is 0 Å². The van der Waals surface area contributed by atoms with Crippen LogP contribution in [0, 0.1) is 0 Å². The second-order valence-corrected chi connectivity index (χ2v) is 18.9. The van der Waals surface area contributed by atoms with Crippen LogP contribution in [0.4, 0.5) is 0 Å². The van der Waals surface area contributed by atoms with Crippen LogP contribution in [-0.2, 0) is 0 Å². The largest absolute Gasteiger partial charge is 0.436 e. The van der Waals surface area contributed by atoms with Gasteiger partial charge in [-0.15, -0.1) is 0 Å². The highest BCUT2D eigenvalue weighted by atomic mass is 16.4. The molecule has 0 unspecified atom stereocenters. The van der Waals surface area contributed by atoms with E-state index >= 15 is 0 Å². The Morgan fingerprint density at radius 3 is 1.19 bits per heavy atom. The van der Waals surface area contributed by atoms with Crippen LogP contribution in [0.3, 0.4) is 0 Å². The summed E-state index contributed by atoms with van der Waals surface area (Å²) in [6, 6.07) is 84.3. The molecule has 8 heteroatoms. The van der Waals surface area contributed by atoms with E-state index in [4.69, 9.17) is 33.8 Å². The maximum atomic E-state index is 6.09. The molecule has 0 saturated heterocycles. The molecule has 0 aliphatic carbocycles. The summed E-state index contributed by atoms with van der Waals surface area (Å²) >= 11 is 0. The van der Waals surface area contributed by atoms with Crippen molar-refractivity contribution in [3.05, 3.63) is 243 Å². The minimum atomic E-state index is 0.547. The third-order valence-corrected chi connectivity index (χ3v) is 14.3. The smallest absolute Gasteiger partial charge is 0.227 e. The van der Waals surface area contributed by atoms with Gasteiger partial charge in [0.15, 0.2) is 28.6 Å². The van der Waals surface area contributed by atoms with Gasteiger partial charge in [0.25, 0.3) is 0 Å². The summed E-state index contributed by atoms with van der Waals surface area (Å²) in [4.78, 5) is 24.7. The lowest BCUT2D eigenvalue weighted by Gasteiger charge is -2.11. The molecule has 350 valence electrons. The van der Waals surface area contributed by atoms with E-state index < -0.39 is 0 Å². The molecular weight excluding hydrogens is 921 g/mol. The maximum absolute atomic E-state index is 6.09. The van der Waals surface area contributed by atoms with Gasteiger partial charge < -0.3 is 13.4 Å². The Kier molecular flexibility index (Phi) is 9.71. The van der Waals surface area contributed by atoms with E-state index in [1.807, 2.05) is 97.1 Å². The van der Waals surface area contributed by atoms with E-state index in [2.05, 4.69) is 150 Å². The van der Waals surface area contributed by atoms with Crippen molar-refractivity contribution < 1.29 is 8.83 Å². The molecule has 0 aliphatic heterocycles. The van der Waals surface area contributed by atoms with E-state index in [1.54, 1.807) is 0 Å². The number of nitrogens with zero attached hydrogens (tertiary/aromatic N) is 6. The molecule has 0 atom stereocenters. The Bertz CT molecular complexity index is 4470. The Labute approximate surface area is 429 Å². The van der Waals surface area contributed by atoms with Crippen LogP contribution in [0.15, 0.2) is 251 Å². The highest BCUT2D eigenvalue weighted by molar-refractivity contribution is 6.17. The number of benzene rings is 11. The van der Waals surface area contributed by atoms with E-state index in [9.17, 15) is 0 Å². The van der Waals surface area contributed by atoms with E-state index in [-0.39, 0.29) is 0 Å². The highest BCUT2D eigenvalue weighted by Crippen LogP contribution is 2.39. The number of aromatic nitrogens is 6. The first-order valence-corrected chi connectivity index (χ1v) is 24.9. The van der Waals surface area contributed by atoms with Crippen molar-refractivity contribution in [3.63, 3.8) is 0 Å². The van der Waals surface area contributed by atoms with Gasteiger partial charge in [-0.25, -0.2) is 24.9 Å². The first-order chi connectivity index (χ1) is 37.1. The van der Waals surface area contributed by atoms with Crippen molar-refractivity contribution in [3.8, 4) is 85.0 Å². The van der Waals surface area contributed by atoms with E-state index in [0.29, 0.717) is 29.3 Å². The van der Waals surface area contributed by atoms with Gasteiger partial charge in [0.1, 0.15) is 11.0 Å². The zero-order valence-corrected chi connectivity index (χ0v) is 40.1. The molecule has 0 aliphatic rings. The topological polar surface area (TPSA) is 95.7 Å². The standard InChI is InChI=1S/C67H40N6O2/c1-2-10-41(11-3-1)42-32-34-54(35-33-42)73-59-39-50-13-5-4-12-49(50)37-55(59)56-38-53-36-51(30-31-52(53)40-60(56)73)43-18-20-44(21-19-43)63-70-64(45-22-26-47(27-23-45)66-68-57-14-6-8-16-61(57)74-66)72-65(71-63)46-24-28-48(29-25-46)67-69-58-15-7-9-17-62(58)75-67/h1-40H. The normalized spacial score (nSPS) is 11.7. The molecule has 0 fully saturated rings. The summed E-state index contributed by atoms with van der Waals surface area (Å²) in [5.41, 5.74) is 15.5. The quantitative estimate of drug-likeness (QED) is 0.150. The van der Waals surface area contributed by atoms with Crippen LogP contribution < -0.4 is 0 Å². The Morgan fingerprint density at radius 2 is 0.653 bits per heavy atom. The van der Waals surface area contributed by atoms with Crippen molar-refractivity contribution in [2.24, 2.45) is 0 Å². The van der Waals surface area contributed by atoms with Crippen LogP contribution in [0.5, 0.6) is 0 Å². The number of fused-ring (bicyclic) bond motifs is 7. The molecular formula is C67H40N6O2. The van der Waals surface area contributed by atoms with Gasteiger partial charge in [0, 0.05) is 44.3 Å². The molecule has 0 spiro atoms.